The van der Waals surface area contributed by atoms with Gasteiger partial charge >= 0.3 is 0 Å². The smallest absolute Gasteiger partial charge is 0.252 e. The minimum absolute atomic E-state index is 0.0960. The molecular formula is C23H24N6O3. The maximum Gasteiger partial charge on any atom is 0.252 e. The van der Waals surface area contributed by atoms with Crippen LogP contribution in [0, 0.1) is 17.2 Å². The van der Waals surface area contributed by atoms with Gasteiger partial charge in [-0.1, -0.05) is 19.1 Å². The zero-order valence-corrected chi connectivity index (χ0v) is 17.9. The van der Waals surface area contributed by atoms with E-state index in [2.05, 4.69) is 10.4 Å². The highest BCUT2D eigenvalue weighted by atomic mass is 16.5. The molecule has 1 saturated heterocycles. The number of nitrogens with two attached hydrogens (primary N) is 1. The standard InChI is InChI=1S/C23H24N6O3/c1-14-11-28(21(30)7-8-24)13-19(14)27-22-18(23(25)31)10-26-29-12-16(9-20(22)29)15-3-5-17(32-2)6-4-15/h3-6,9-10,12,14,19,27H,7,11,13H2,1-2H3,(H2,25,31). The lowest BCUT2D eigenvalue weighted by Gasteiger charge is -2.20. The number of hydrogen-bond acceptors (Lipinski definition) is 6. The number of ether oxygens (including phenoxy) is 1. The second-order valence-electron chi connectivity index (χ2n) is 7.95. The lowest BCUT2D eigenvalue weighted by Crippen LogP contribution is -2.32. The van der Waals surface area contributed by atoms with Crippen molar-refractivity contribution < 1.29 is 14.3 Å². The van der Waals surface area contributed by atoms with Crippen molar-refractivity contribution >= 4 is 23.0 Å². The molecule has 2 atom stereocenters. The third-order valence-electron chi connectivity index (χ3n) is 5.85. The number of carbonyl (C=O) groups is 2. The molecule has 3 aromatic rings. The van der Waals surface area contributed by atoms with Gasteiger partial charge in [0, 0.05) is 30.9 Å². The molecule has 3 heterocycles. The van der Waals surface area contributed by atoms with Crippen LogP contribution in [0.25, 0.3) is 16.6 Å². The highest BCUT2D eigenvalue weighted by molar-refractivity contribution is 6.02. The number of benzene rings is 1. The molecule has 9 nitrogen and oxygen atoms in total. The highest BCUT2D eigenvalue weighted by Crippen LogP contribution is 2.31. The molecule has 1 aliphatic rings. The van der Waals surface area contributed by atoms with E-state index in [1.807, 2.05) is 49.5 Å². The Bertz CT molecular complexity index is 1210. The Kier molecular flexibility index (Phi) is 5.69. The summed E-state index contributed by atoms with van der Waals surface area (Å²) in [6.07, 6.45) is 3.19. The van der Waals surface area contributed by atoms with Crippen molar-refractivity contribution in [3.05, 3.63) is 48.3 Å². The van der Waals surface area contributed by atoms with Gasteiger partial charge in [0.25, 0.3) is 5.91 Å². The maximum absolute atomic E-state index is 12.2. The van der Waals surface area contributed by atoms with Crippen molar-refractivity contribution in [2.45, 2.75) is 19.4 Å². The predicted molar refractivity (Wildman–Crippen MR) is 119 cm³/mol. The molecule has 0 bridgehead atoms. The van der Waals surface area contributed by atoms with Gasteiger partial charge in [-0.3, -0.25) is 9.59 Å². The first-order chi connectivity index (χ1) is 15.4. The fraction of sp³-hybridized carbons (Fsp3) is 0.304. The molecule has 3 N–H and O–H groups in total. The number of rotatable bonds is 6. The molecule has 2 amide bonds. The Balaban J connectivity index is 1.70. The second kappa shape index (κ2) is 8.59. The van der Waals surface area contributed by atoms with Crippen molar-refractivity contribution in [2.24, 2.45) is 11.7 Å². The average Bonchev–Trinajstić information content (AvgIpc) is 3.38. The van der Waals surface area contributed by atoms with E-state index in [1.165, 1.54) is 6.20 Å². The number of likely N-dealkylation sites (tertiary alicyclic amines) is 1. The molecule has 0 spiro atoms. The lowest BCUT2D eigenvalue weighted by molar-refractivity contribution is -0.129. The van der Waals surface area contributed by atoms with E-state index in [1.54, 1.807) is 16.5 Å². The summed E-state index contributed by atoms with van der Waals surface area (Å²) >= 11 is 0. The molecule has 1 aliphatic heterocycles. The number of nitrogens with one attached hydrogen (secondary N) is 1. The van der Waals surface area contributed by atoms with Crippen molar-refractivity contribution in [1.82, 2.24) is 14.5 Å². The van der Waals surface area contributed by atoms with Crippen molar-refractivity contribution in [2.75, 3.05) is 25.5 Å². The van der Waals surface area contributed by atoms with Crippen molar-refractivity contribution in [1.29, 1.82) is 5.26 Å². The molecule has 2 unspecified atom stereocenters. The Hall–Kier alpha value is -4.06. The van der Waals surface area contributed by atoms with Gasteiger partial charge in [-0.15, -0.1) is 0 Å². The van der Waals surface area contributed by atoms with Crippen LogP contribution in [0.3, 0.4) is 0 Å². The summed E-state index contributed by atoms with van der Waals surface area (Å²) in [7, 11) is 1.62. The maximum atomic E-state index is 12.2. The number of anilines is 1. The van der Waals surface area contributed by atoms with Gasteiger partial charge in [-0.2, -0.15) is 10.4 Å². The van der Waals surface area contributed by atoms with E-state index in [9.17, 15) is 9.59 Å². The van der Waals surface area contributed by atoms with Gasteiger partial charge in [-0.05, 0) is 29.7 Å². The van der Waals surface area contributed by atoms with Crippen LogP contribution in [-0.4, -0.2) is 52.6 Å². The lowest BCUT2D eigenvalue weighted by atomic mass is 10.0. The minimum atomic E-state index is -0.585. The topological polar surface area (TPSA) is 126 Å². The van der Waals surface area contributed by atoms with Gasteiger partial charge in [0.05, 0.1) is 36.1 Å². The van der Waals surface area contributed by atoms with Gasteiger partial charge < -0.3 is 20.7 Å². The zero-order chi connectivity index (χ0) is 22.8. The van der Waals surface area contributed by atoms with E-state index < -0.39 is 5.91 Å². The number of aromatic nitrogens is 2. The highest BCUT2D eigenvalue weighted by Gasteiger charge is 2.33. The summed E-state index contributed by atoms with van der Waals surface area (Å²) in [4.78, 5) is 26.0. The molecule has 4 rings (SSSR count). The number of primary amides is 1. The molecular weight excluding hydrogens is 408 g/mol. The number of carbonyl (C=O) groups excluding carboxylic acids is 2. The summed E-state index contributed by atoms with van der Waals surface area (Å²) < 4.78 is 6.93. The summed E-state index contributed by atoms with van der Waals surface area (Å²) in [5, 5.41) is 16.6. The second-order valence-corrected chi connectivity index (χ2v) is 7.95. The molecule has 0 radical (unpaired) electrons. The molecule has 0 aliphatic carbocycles. The van der Waals surface area contributed by atoms with Crippen LogP contribution in [0.5, 0.6) is 5.75 Å². The molecule has 1 aromatic carbocycles. The number of methoxy groups -OCH3 is 1. The van der Waals surface area contributed by atoms with Crippen molar-refractivity contribution in [3.63, 3.8) is 0 Å². The van der Waals surface area contributed by atoms with E-state index in [0.717, 1.165) is 16.9 Å². The molecule has 32 heavy (non-hydrogen) atoms. The fourth-order valence-electron chi connectivity index (χ4n) is 4.06. The monoisotopic (exact) mass is 432 g/mol. The first kappa shape index (κ1) is 21.2. The Labute approximate surface area is 185 Å². The normalized spacial score (nSPS) is 17.8. The molecule has 1 fully saturated rings. The molecule has 0 saturated carbocycles. The molecule has 2 aromatic heterocycles. The summed E-state index contributed by atoms with van der Waals surface area (Å²) in [6.45, 7) is 3.02. The Morgan fingerprint density at radius 2 is 2.03 bits per heavy atom. The summed E-state index contributed by atoms with van der Waals surface area (Å²) in [5.74, 6) is 0.114. The average molecular weight is 432 g/mol. The SMILES string of the molecule is COc1ccc(-c2cc3c(NC4CN(C(=O)CC#N)CC4C)c(C(N)=O)cnn3c2)cc1. The number of nitriles is 1. The van der Waals surface area contributed by atoms with Gasteiger partial charge in [0.1, 0.15) is 12.2 Å². The van der Waals surface area contributed by atoms with Crippen molar-refractivity contribution in [3.8, 4) is 22.9 Å². The molecule has 164 valence electrons. The van der Waals surface area contributed by atoms with Crippen LogP contribution in [0.4, 0.5) is 5.69 Å². The third kappa shape index (κ3) is 3.95. The fourth-order valence-corrected chi connectivity index (χ4v) is 4.06. The van der Waals surface area contributed by atoms with E-state index in [0.29, 0.717) is 24.3 Å². The number of fused-ring (bicyclic) bond motifs is 1. The number of amides is 2. The minimum Gasteiger partial charge on any atom is -0.497 e. The number of hydrogen-bond donors (Lipinski definition) is 2. The van der Waals surface area contributed by atoms with Crippen LogP contribution in [0.1, 0.15) is 23.7 Å². The zero-order valence-electron chi connectivity index (χ0n) is 17.9. The summed E-state index contributed by atoms with van der Waals surface area (Å²) in [6, 6.07) is 11.4. The number of nitrogens with zero attached hydrogens (tertiary/aromatic N) is 4. The third-order valence-corrected chi connectivity index (χ3v) is 5.85. The summed E-state index contributed by atoms with van der Waals surface area (Å²) in [5.41, 5.74) is 9.11. The quantitative estimate of drug-likeness (QED) is 0.615. The van der Waals surface area contributed by atoms with Gasteiger partial charge in [-0.25, -0.2) is 4.52 Å². The largest absolute Gasteiger partial charge is 0.497 e. The molecule has 9 heteroatoms. The van der Waals surface area contributed by atoms with Crippen LogP contribution >= 0.6 is 0 Å². The van der Waals surface area contributed by atoms with Gasteiger partial charge in [0.15, 0.2) is 0 Å². The van der Waals surface area contributed by atoms with Crippen LogP contribution < -0.4 is 15.8 Å². The van der Waals surface area contributed by atoms with E-state index >= 15 is 0 Å². The van der Waals surface area contributed by atoms with Crippen LogP contribution in [-0.2, 0) is 4.79 Å². The first-order valence-corrected chi connectivity index (χ1v) is 10.3. The Morgan fingerprint density at radius 3 is 2.69 bits per heavy atom. The van der Waals surface area contributed by atoms with Crippen LogP contribution in [0.2, 0.25) is 0 Å². The van der Waals surface area contributed by atoms with Crippen LogP contribution in [0.15, 0.2) is 42.7 Å². The predicted octanol–water partition coefficient (Wildman–Crippen LogP) is 2.28. The Morgan fingerprint density at radius 1 is 1.28 bits per heavy atom. The van der Waals surface area contributed by atoms with Gasteiger partial charge in [0.2, 0.25) is 5.91 Å². The van der Waals surface area contributed by atoms with E-state index in [-0.39, 0.29) is 29.9 Å². The van der Waals surface area contributed by atoms with E-state index in [4.69, 9.17) is 15.7 Å². The first-order valence-electron chi connectivity index (χ1n) is 10.3.